The molecule has 2 rings (SSSR count). The van der Waals surface area contributed by atoms with E-state index in [1.54, 1.807) is 12.3 Å². The molecule has 18 heavy (non-hydrogen) atoms. The highest BCUT2D eigenvalue weighted by molar-refractivity contribution is 9.10. The van der Waals surface area contributed by atoms with Gasteiger partial charge in [0.05, 0.1) is 10.2 Å². The van der Waals surface area contributed by atoms with Gasteiger partial charge in [-0.15, -0.1) is 0 Å². The number of aromatic nitrogens is 1. The van der Waals surface area contributed by atoms with E-state index in [0.29, 0.717) is 11.0 Å². The molecule has 4 heteroatoms. The van der Waals surface area contributed by atoms with E-state index in [1.807, 2.05) is 31.2 Å². The Morgan fingerprint density at radius 3 is 2.83 bits per heavy atom. The van der Waals surface area contributed by atoms with Crippen LogP contribution in [0, 0.1) is 5.82 Å². The Kier molecular flexibility index (Phi) is 4.44. The normalized spacial score (nSPS) is 12.4. The van der Waals surface area contributed by atoms with Gasteiger partial charge in [0.2, 0.25) is 0 Å². The Bertz CT molecular complexity index is 516. The molecule has 2 nitrogen and oxygen atoms in total. The number of benzene rings is 1. The molecule has 0 unspecified atom stereocenters. The summed E-state index contributed by atoms with van der Waals surface area (Å²) in [7, 11) is 0. The van der Waals surface area contributed by atoms with E-state index in [-0.39, 0.29) is 11.9 Å². The number of nitrogens with zero attached hydrogens (tertiary/aromatic N) is 1. The second kappa shape index (κ2) is 6.07. The Morgan fingerprint density at radius 2 is 2.11 bits per heavy atom. The molecule has 0 bridgehead atoms. The average Bonchev–Trinajstić information content (AvgIpc) is 2.41. The van der Waals surface area contributed by atoms with Crippen molar-refractivity contribution >= 4 is 15.9 Å². The third kappa shape index (κ3) is 3.15. The molecule has 1 aromatic heterocycles. The van der Waals surface area contributed by atoms with Crippen LogP contribution in [0.5, 0.6) is 0 Å². The maximum absolute atomic E-state index is 13.3. The van der Waals surface area contributed by atoms with Crippen molar-refractivity contribution in [1.29, 1.82) is 0 Å². The molecule has 0 aliphatic carbocycles. The summed E-state index contributed by atoms with van der Waals surface area (Å²) in [6.07, 6.45) is 1.77. The first-order chi connectivity index (χ1) is 8.68. The molecule has 0 fully saturated rings. The lowest BCUT2D eigenvalue weighted by Gasteiger charge is -2.14. The second-order valence-electron chi connectivity index (χ2n) is 4.07. The molecule has 0 saturated carbocycles. The lowest BCUT2D eigenvalue weighted by Crippen LogP contribution is -2.19. The van der Waals surface area contributed by atoms with Crippen molar-refractivity contribution in [2.24, 2.45) is 0 Å². The van der Waals surface area contributed by atoms with Gasteiger partial charge in [-0.1, -0.05) is 18.2 Å². The van der Waals surface area contributed by atoms with E-state index in [4.69, 9.17) is 0 Å². The van der Waals surface area contributed by atoms with E-state index in [1.165, 1.54) is 6.07 Å². The minimum absolute atomic E-state index is 0.126. The number of halogens is 2. The molecule has 0 saturated heterocycles. The van der Waals surface area contributed by atoms with Gasteiger partial charge in [-0.3, -0.25) is 4.98 Å². The summed E-state index contributed by atoms with van der Waals surface area (Å²) < 4.78 is 13.9. The number of rotatable bonds is 4. The highest BCUT2D eigenvalue weighted by Gasteiger charge is 2.08. The first-order valence-corrected chi connectivity index (χ1v) is 6.55. The number of pyridine rings is 1. The lowest BCUT2D eigenvalue weighted by atomic mass is 10.1. The molecule has 1 N–H and O–H groups in total. The molecule has 1 aromatic carbocycles. The third-order valence-electron chi connectivity index (χ3n) is 2.76. The molecule has 0 aliphatic heterocycles. The van der Waals surface area contributed by atoms with Crippen molar-refractivity contribution in [3.8, 4) is 0 Å². The summed E-state index contributed by atoms with van der Waals surface area (Å²) in [4.78, 5) is 4.28. The van der Waals surface area contributed by atoms with Gasteiger partial charge in [-0.2, -0.15) is 0 Å². The SMILES string of the molecule is C[C@@H](NCc1cccc(F)c1Br)c1ccccn1. The molecule has 1 atom stereocenters. The standard InChI is InChI=1S/C14H14BrFN2/c1-10(13-7-2-3-8-17-13)18-9-11-5-4-6-12(16)14(11)15/h2-8,10,18H,9H2,1H3/t10-/m1/s1. The van der Waals surface area contributed by atoms with Crippen molar-refractivity contribution in [1.82, 2.24) is 10.3 Å². The molecule has 2 aromatic rings. The van der Waals surface area contributed by atoms with Crippen molar-refractivity contribution in [2.45, 2.75) is 19.5 Å². The summed E-state index contributed by atoms with van der Waals surface area (Å²) in [6.45, 7) is 2.63. The van der Waals surface area contributed by atoms with Crippen LogP contribution in [0.25, 0.3) is 0 Å². The molecular formula is C14H14BrFN2. The van der Waals surface area contributed by atoms with Crippen molar-refractivity contribution < 1.29 is 4.39 Å². The molecule has 0 radical (unpaired) electrons. The fourth-order valence-electron chi connectivity index (χ4n) is 1.68. The van der Waals surface area contributed by atoms with Crippen molar-refractivity contribution in [3.63, 3.8) is 0 Å². The second-order valence-corrected chi connectivity index (χ2v) is 4.86. The van der Waals surface area contributed by atoms with E-state index in [2.05, 4.69) is 26.2 Å². The summed E-state index contributed by atoms with van der Waals surface area (Å²) in [5.41, 5.74) is 1.88. The minimum atomic E-state index is -0.236. The van der Waals surface area contributed by atoms with Crippen LogP contribution >= 0.6 is 15.9 Å². The number of hydrogen-bond donors (Lipinski definition) is 1. The smallest absolute Gasteiger partial charge is 0.137 e. The summed E-state index contributed by atoms with van der Waals surface area (Å²) >= 11 is 3.26. The van der Waals surface area contributed by atoms with E-state index in [9.17, 15) is 4.39 Å². The van der Waals surface area contributed by atoms with Gasteiger partial charge in [0, 0.05) is 18.8 Å². The van der Waals surface area contributed by atoms with Gasteiger partial charge in [0.15, 0.2) is 0 Å². The molecule has 0 amide bonds. The first kappa shape index (κ1) is 13.2. The molecule has 0 spiro atoms. The van der Waals surface area contributed by atoms with Gasteiger partial charge < -0.3 is 5.32 Å². The van der Waals surface area contributed by atoms with E-state index < -0.39 is 0 Å². The maximum Gasteiger partial charge on any atom is 0.137 e. The van der Waals surface area contributed by atoms with Crippen molar-refractivity contribution in [2.75, 3.05) is 0 Å². The lowest BCUT2D eigenvalue weighted by molar-refractivity contribution is 0.555. The Labute approximate surface area is 114 Å². The van der Waals surface area contributed by atoms with E-state index >= 15 is 0 Å². The highest BCUT2D eigenvalue weighted by atomic mass is 79.9. The largest absolute Gasteiger partial charge is 0.305 e. The van der Waals surface area contributed by atoms with Crippen LogP contribution in [0.1, 0.15) is 24.2 Å². The Morgan fingerprint density at radius 1 is 1.28 bits per heavy atom. The first-order valence-electron chi connectivity index (χ1n) is 5.75. The van der Waals surface area contributed by atoms with Crippen LogP contribution in [-0.2, 0) is 6.54 Å². The number of nitrogens with one attached hydrogen (secondary N) is 1. The highest BCUT2D eigenvalue weighted by Crippen LogP contribution is 2.21. The molecule has 0 aliphatic rings. The van der Waals surface area contributed by atoms with Gasteiger partial charge in [0.1, 0.15) is 5.82 Å². The fourth-order valence-corrected chi connectivity index (χ4v) is 2.09. The zero-order valence-electron chi connectivity index (χ0n) is 10.0. The molecule has 1 heterocycles. The van der Waals surface area contributed by atoms with Gasteiger partial charge >= 0.3 is 0 Å². The maximum atomic E-state index is 13.3. The molecule has 94 valence electrons. The van der Waals surface area contributed by atoms with Crippen LogP contribution < -0.4 is 5.32 Å². The predicted octanol–water partition coefficient (Wildman–Crippen LogP) is 3.83. The monoisotopic (exact) mass is 308 g/mol. The zero-order chi connectivity index (χ0) is 13.0. The Hall–Kier alpha value is -1.26. The van der Waals surface area contributed by atoms with Crippen LogP contribution in [0.15, 0.2) is 47.1 Å². The Balaban J connectivity index is 2.02. The minimum Gasteiger partial charge on any atom is -0.305 e. The van der Waals surface area contributed by atoms with E-state index in [0.717, 1.165) is 11.3 Å². The average molecular weight is 309 g/mol. The summed E-state index contributed by atoms with van der Waals surface area (Å²) in [5.74, 6) is -0.236. The fraction of sp³-hybridized carbons (Fsp3) is 0.214. The predicted molar refractivity (Wildman–Crippen MR) is 73.6 cm³/mol. The summed E-state index contributed by atoms with van der Waals surface area (Å²) in [6, 6.07) is 11.0. The van der Waals surface area contributed by atoms with Crippen molar-refractivity contribution in [3.05, 3.63) is 64.1 Å². The van der Waals surface area contributed by atoms with Gasteiger partial charge in [0.25, 0.3) is 0 Å². The third-order valence-corrected chi connectivity index (χ3v) is 3.65. The van der Waals surface area contributed by atoms with Crippen LogP contribution in [0.4, 0.5) is 4.39 Å². The summed E-state index contributed by atoms with van der Waals surface area (Å²) in [5, 5.41) is 3.32. The van der Waals surface area contributed by atoms with Crippen LogP contribution in [0.2, 0.25) is 0 Å². The topological polar surface area (TPSA) is 24.9 Å². The quantitative estimate of drug-likeness (QED) is 0.928. The zero-order valence-corrected chi connectivity index (χ0v) is 11.6. The van der Waals surface area contributed by atoms with Gasteiger partial charge in [-0.25, -0.2) is 4.39 Å². The number of hydrogen-bond acceptors (Lipinski definition) is 2. The molecular weight excluding hydrogens is 295 g/mol. The van der Waals surface area contributed by atoms with Crippen LogP contribution in [-0.4, -0.2) is 4.98 Å². The van der Waals surface area contributed by atoms with Crippen LogP contribution in [0.3, 0.4) is 0 Å². The van der Waals surface area contributed by atoms with Gasteiger partial charge in [-0.05, 0) is 46.6 Å².